The van der Waals surface area contributed by atoms with Gasteiger partial charge in [0.2, 0.25) is 0 Å². The zero-order valence-corrected chi connectivity index (χ0v) is 17.4. The van der Waals surface area contributed by atoms with E-state index in [4.69, 9.17) is 9.05 Å². The van der Waals surface area contributed by atoms with E-state index in [1.54, 1.807) is 7.05 Å². The lowest BCUT2D eigenvalue weighted by Crippen LogP contribution is -2.37. The molecule has 0 atom stereocenters. The van der Waals surface area contributed by atoms with Crippen LogP contribution in [0.4, 0.5) is 0 Å². The average molecular weight is 396 g/mol. The van der Waals surface area contributed by atoms with Gasteiger partial charge in [-0.1, -0.05) is 43.2 Å². The van der Waals surface area contributed by atoms with Crippen molar-refractivity contribution in [2.24, 2.45) is 4.99 Å². The van der Waals surface area contributed by atoms with Gasteiger partial charge in [-0.2, -0.15) is 4.98 Å². The topological polar surface area (TPSA) is 101 Å². The van der Waals surface area contributed by atoms with Crippen molar-refractivity contribution in [3.8, 4) is 11.5 Å². The molecule has 1 aromatic carbocycles. The van der Waals surface area contributed by atoms with Gasteiger partial charge >= 0.3 is 0 Å². The molecule has 0 radical (unpaired) electrons. The van der Waals surface area contributed by atoms with Crippen LogP contribution in [0.25, 0.3) is 11.5 Å². The number of aryl methyl sites for hydroxylation is 1. The number of nitrogens with zero attached hydrogens (tertiary/aromatic N) is 4. The number of rotatable bonds is 8. The SMILES string of the molecule is CCc1noc(-c2ccc(CCNC(=NC)NCc3cc(C(C)C)no3)cc2)n1. The van der Waals surface area contributed by atoms with Gasteiger partial charge < -0.3 is 19.7 Å². The summed E-state index contributed by atoms with van der Waals surface area (Å²) in [6, 6.07) is 10.1. The van der Waals surface area contributed by atoms with Crippen molar-refractivity contribution < 1.29 is 9.05 Å². The minimum atomic E-state index is 0.352. The second-order valence-corrected chi connectivity index (χ2v) is 7.04. The summed E-state index contributed by atoms with van der Waals surface area (Å²) in [7, 11) is 1.75. The predicted molar refractivity (Wildman–Crippen MR) is 112 cm³/mol. The Hall–Kier alpha value is -3.16. The molecule has 0 saturated carbocycles. The van der Waals surface area contributed by atoms with Crippen LogP contribution in [0.2, 0.25) is 0 Å². The first kappa shape index (κ1) is 20.6. The van der Waals surface area contributed by atoms with E-state index in [0.29, 0.717) is 18.4 Å². The summed E-state index contributed by atoms with van der Waals surface area (Å²) in [5.41, 5.74) is 3.10. The maximum absolute atomic E-state index is 5.34. The largest absolute Gasteiger partial charge is 0.359 e. The first-order valence-corrected chi connectivity index (χ1v) is 9.91. The quantitative estimate of drug-likeness (QED) is 0.445. The van der Waals surface area contributed by atoms with Gasteiger partial charge in [0, 0.05) is 31.6 Å². The molecule has 3 rings (SSSR count). The second-order valence-electron chi connectivity index (χ2n) is 7.04. The molecule has 0 spiro atoms. The van der Waals surface area contributed by atoms with Crippen LogP contribution in [0.15, 0.2) is 44.4 Å². The Morgan fingerprint density at radius 3 is 2.52 bits per heavy atom. The van der Waals surface area contributed by atoms with Crippen LogP contribution in [0.3, 0.4) is 0 Å². The van der Waals surface area contributed by atoms with E-state index in [0.717, 1.165) is 48.2 Å². The standard InChI is InChI=1S/C21H28N6O2/c1-5-19-25-20(29-27-19)16-8-6-15(7-9-16)10-11-23-21(22-4)24-13-17-12-18(14(2)3)26-28-17/h6-9,12,14H,5,10-11,13H2,1-4H3,(H2,22,23,24). The van der Waals surface area contributed by atoms with E-state index >= 15 is 0 Å². The predicted octanol–water partition coefficient (Wildman–Crippen LogP) is 3.32. The lowest BCUT2D eigenvalue weighted by atomic mass is 10.1. The molecule has 2 N–H and O–H groups in total. The third kappa shape index (κ3) is 5.66. The van der Waals surface area contributed by atoms with E-state index in [2.05, 4.69) is 56.9 Å². The van der Waals surface area contributed by atoms with E-state index in [9.17, 15) is 0 Å². The minimum absolute atomic E-state index is 0.352. The number of aliphatic imine (C=N–C) groups is 1. The molecule has 0 unspecified atom stereocenters. The maximum Gasteiger partial charge on any atom is 0.257 e. The molecule has 0 bridgehead atoms. The van der Waals surface area contributed by atoms with E-state index < -0.39 is 0 Å². The van der Waals surface area contributed by atoms with Crippen molar-refractivity contribution in [3.63, 3.8) is 0 Å². The Bertz CT molecular complexity index is 927. The Kier molecular flexibility index (Phi) is 6.99. The van der Waals surface area contributed by atoms with Gasteiger partial charge in [0.15, 0.2) is 17.5 Å². The summed E-state index contributed by atoms with van der Waals surface area (Å²) >= 11 is 0. The lowest BCUT2D eigenvalue weighted by Gasteiger charge is -2.10. The molecule has 8 nitrogen and oxygen atoms in total. The highest BCUT2D eigenvalue weighted by atomic mass is 16.5. The van der Waals surface area contributed by atoms with Gasteiger partial charge in [-0.15, -0.1) is 0 Å². The van der Waals surface area contributed by atoms with Crippen molar-refractivity contribution in [2.75, 3.05) is 13.6 Å². The highest BCUT2D eigenvalue weighted by Gasteiger charge is 2.09. The molecule has 0 aliphatic heterocycles. The first-order chi connectivity index (χ1) is 14.1. The van der Waals surface area contributed by atoms with E-state index in [1.165, 1.54) is 5.56 Å². The molecule has 2 heterocycles. The Labute approximate surface area is 170 Å². The summed E-state index contributed by atoms with van der Waals surface area (Å²) in [5.74, 6) is 3.15. The third-order valence-corrected chi connectivity index (χ3v) is 4.51. The van der Waals surface area contributed by atoms with Gasteiger partial charge in [-0.05, 0) is 30.0 Å². The number of hydrogen-bond acceptors (Lipinski definition) is 6. The zero-order chi connectivity index (χ0) is 20.6. The fourth-order valence-electron chi connectivity index (χ4n) is 2.73. The van der Waals surface area contributed by atoms with Crippen molar-refractivity contribution in [1.29, 1.82) is 0 Å². The molecule has 0 amide bonds. The van der Waals surface area contributed by atoms with E-state index in [1.807, 2.05) is 25.1 Å². The molecule has 3 aromatic rings. The van der Waals surface area contributed by atoms with Gasteiger partial charge in [0.25, 0.3) is 5.89 Å². The summed E-state index contributed by atoms with van der Waals surface area (Å²) in [4.78, 5) is 8.60. The molecule has 0 aliphatic carbocycles. The summed E-state index contributed by atoms with van der Waals surface area (Å²) in [6.07, 6.45) is 1.63. The monoisotopic (exact) mass is 396 g/mol. The van der Waals surface area contributed by atoms with Crippen LogP contribution in [0.1, 0.15) is 49.5 Å². The van der Waals surface area contributed by atoms with Crippen LogP contribution in [-0.4, -0.2) is 34.8 Å². The Morgan fingerprint density at radius 1 is 1.10 bits per heavy atom. The van der Waals surface area contributed by atoms with Crippen LogP contribution in [0, 0.1) is 0 Å². The number of nitrogens with one attached hydrogen (secondary N) is 2. The van der Waals surface area contributed by atoms with Crippen molar-refractivity contribution in [2.45, 2.75) is 46.1 Å². The fourth-order valence-corrected chi connectivity index (χ4v) is 2.73. The van der Waals surface area contributed by atoms with Crippen LogP contribution < -0.4 is 10.6 Å². The number of benzene rings is 1. The molecule has 2 aromatic heterocycles. The van der Waals surface area contributed by atoms with Crippen molar-refractivity contribution >= 4 is 5.96 Å². The molecular formula is C21H28N6O2. The lowest BCUT2D eigenvalue weighted by molar-refractivity contribution is 0.372. The smallest absolute Gasteiger partial charge is 0.257 e. The Balaban J connectivity index is 1.45. The fraction of sp³-hybridized carbons (Fsp3) is 0.429. The average Bonchev–Trinajstić information content (AvgIpc) is 3.40. The highest BCUT2D eigenvalue weighted by molar-refractivity contribution is 5.79. The van der Waals surface area contributed by atoms with Crippen LogP contribution in [0.5, 0.6) is 0 Å². The van der Waals surface area contributed by atoms with Crippen LogP contribution in [-0.2, 0) is 19.4 Å². The van der Waals surface area contributed by atoms with Gasteiger partial charge in [-0.3, -0.25) is 4.99 Å². The van der Waals surface area contributed by atoms with Crippen molar-refractivity contribution in [1.82, 2.24) is 25.9 Å². The molecular weight excluding hydrogens is 368 g/mol. The molecule has 154 valence electrons. The van der Waals surface area contributed by atoms with Crippen molar-refractivity contribution in [3.05, 3.63) is 53.2 Å². The highest BCUT2D eigenvalue weighted by Crippen LogP contribution is 2.18. The molecule has 29 heavy (non-hydrogen) atoms. The number of aromatic nitrogens is 3. The molecule has 8 heteroatoms. The maximum atomic E-state index is 5.34. The Morgan fingerprint density at radius 2 is 1.90 bits per heavy atom. The zero-order valence-electron chi connectivity index (χ0n) is 17.4. The minimum Gasteiger partial charge on any atom is -0.359 e. The molecule has 0 fully saturated rings. The second kappa shape index (κ2) is 9.86. The first-order valence-electron chi connectivity index (χ1n) is 9.91. The van der Waals surface area contributed by atoms with E-state index in [-0.39, 0.29) is 0 Å². The summed E-state index contributed by atoms with van der Waals surface area (Å²) < 4.78 is 10.6. The summed E-state index contributed by atoms with van der Waals surface area (Å²) in [6.45, 7) is 7.48. The molecule has 0 saturated heterocycles. The van der Waals surface area contributed by atoms with Gasteiger partial charge in [0.1, 0.15) is 0 Å². The summed E-state index contributed by atoms with van der Waals surface area (Å²) in [5, 5.41) is 14.6. The molecule has 0 aliphatic rings. The van der Waals surface area contributed by atoms with Crippen LogP contribution >= 0.6 is 0 Å². The van der Waals surface area contributed by atoms with Gasteiger partial charge in [0.05, 0.1) is 12.2 Å². The third-order valence-electron chi connectivity index (χ3n) is 4.51. The number of guanidine groups is 1. The number of hydrogen-bond donors (Lipinski definition) is 2. The normalized spacial score (nSPS) is 11.8. The van der Waals surface area contributed by atoms with Gasteiger partial charge in [-0.25, -0.2) is 0 Å².